The molecule has 2 rings (SSSR count). The van der Waals surface area contributed by atoms with Gasteiger partial charge in [-0.1, -0.05) is 11.6 Å². The van der Waals surface area contributed by atoms with Crippen LogP contribution in [0, 0.1) is 20.2 Å². The van der Waals surface area contributed by atoms with Crippen LogP contribution < -0.4 is 10.6 Å². The zero-order valence-electron chi connectivity index (χ0n) is 8.14. The maximum absolute atomic E-state index is 10.9. The van der Waals surface area contributed by atoms with E-state index in [-0.39, 0.29) is 10.7 Å². The first-order valence-corrected chi connectivity index (χ1v) is 4.73. The van der Waals surface area contributed by atoms with Crippen molar-refractivity contribution >= 4 is 34.4 Å². The van der Waals surface area contributed by atoms with E-state index < -0.39 is 21.2 Å². The monoisotopic (exact) mass is 256 g/mol. The van der Waals surface area contributed by atoms with Crippen LogP contribution in [-0.2, 0) is 0 Å². The summed E-state index contributed by atoms with van der Waals surface area (Å²) in [5, 5.41) is 26.7. The lowest BCUT2D eigenvalue weighted by Gasteiger charge is -2.14. The van der Waals surface area contributed by atoms with Gasteiger partial charge in [-0.3, -0.25) is 20.2 Å². The Bertz CT molecular complexity index is 557. The Labute approximate surface area is 99.2 Å². The Balaban J connectivity index is 2.78. The minimum absolute atomic E-state index is 0.0219. The van der Waals surface area contributed by atoms with E-state index in [1.165, 1.54) is 18.5 Å². The average molecular weight is 257 g/mol. The highest BCUT2D eigenvalue weighted by Crippen LogP contribution is 2.45. The van der Waals surface area contributed by atoms with Crippen LogP contribution in [0.3, 0.4) is 0 Å². The van der Waals surface area contributed by atoms with Gasteiger partial charge in [-0.15, -0.1) is 0 Å². The first-order valence-electron chi connectivity index (χ1n) is 4.35. The minimum Gasteiger partial charge on any atom is -0.358 e. The van der Waals surface area contributed by atoms with Crippen molar-refractivity contribution in [2.75, 3.05) is 10.6 Å². The van der Waals surface area contributed by atoms with E-state index in [2.05, 4.69) is 10.6 Å². The summed E-state index contributed by atoms with van der Waals surface area (Å²) in [5.41, 5.74) is -1.04. The third kappa shape index (κ3) is 1.74. The molecule has 1 aliphatic rings. The van der Waals surface area contributed by atoms with Crippen molar-refractivity contribution in [2.24, 2.45) is 0 Å². The van der Waals surface area contributed by atoms with Crippen molar-refractivity contribution in [3.63, 3.8) is 0 Å². The topological polar surface area (TPSA) is 110 Å². The molecule has 0 unspecified atom stereocenters. The van der Waals surface area contributed by atoms with Crippen LogP contribution >= 0.6 is 11.6 Å². The van der Waals surface area contributed by atoms with Crippen LogP contribution in [0.2, 0.25) is 5.02 Å². The zero-order valence-corrected chi connectivity index (χ0v) is 8.89. The predicted molar refractivity (Wildman–Crippen MR) is 61.1 cm³/mol. The number of benzene rings is 1. The molecule has 9 heteroatoms. The summed E-state index contributed by atoms with van der Waals surface area (Å²) in [5.74, 6) is 0. The third-order valence-electron chi connectivity index (χ3n) is 2.14. The molecule has 0 bridgehead atoms. The molecule has 0 saturated carbocycles. The molecule has 1 aromatic carbocycles. The Hall–Kier alpha value is -2.35. The van der Waals surface area contributed by atoms with Gasteiger partial charge in [-0.2, -0.15) is 0 Å². The van der Waals surface area contributed by atoms with Gasteiger partial charge in [0, 0.05) is 12.4 Å². The van der Waals surface area contributed by atoms with Gasteiger partial charge in [0.05, 0.1) is 15.5 Å². The Morgan fingerprint density at radius 2 is 1.65 bits per heavy atom. The molecular weight excluding hydrogens is 252 g/mol. The number of nitrogens with zero attached hydrogens (tertiary/aromatic N) is 2. The fourth-order valence-electron chi connectivity index (χ4n) is 1.49. The largest absolute Gasteiger partial charge is 0.372 e. The molecular formula is C8H5ClN4O4. The SMILES string of the molecule is O=[N+]([O-])c1c(Cl)cc2c(c1[N+](=O)[O-])NC=CN2. The molecule has 1 aromatic rings. The number of nitro benzene ring substituents is 2. The van der Waals surface area contributed by atoms with E-state index in [0.717, 1.165) is 0 Å². The standard InChI is InChI=1S/C8H5ClN4O4/c9-4-3-5-6(11-2-1-10-5)8(13(16)17)7(4)12(14)15/h1-3,10-11H. The fraction of sp³-hybridized carbons (Fsp3) is 0. The molecule has 2 N–H and O–H groups in total. The number of rotatable bonds is 2. The van der Waals surface area contributed by atoms with Gasteiger partial charge < -0.3 is 10.6 Å². The molecule has 1 aliphatic heterocycles. The number of halogens is 1. The number of fused-ring (bicyclic) bond motifs is 1. The molecule has 88 valence electrons. The smallest absolute Gasteiger partial charge is 0.358 e. The lowest BCUT2D eigenvalue weighted by atomic mass is 10.2. The number of nitrogens with one attached hydrogen (secondary N) is 2. The van der Waals surface area contributed by atoms with E-state index in [1.54, 1.807) is 0 Å². The van der Waals surface area contributed by atoms with Crippen molar-refractivity contribution in [3.05, 3.63) is 43.7 Å². The van der Waals surface area contributed by atoms with E-state index in [0.29, 0.717) is 5.69 Å². The average Bonchev–Trinajstić information content (AvgIpc) is 2.26. The zero-order chi connectivity index (χ0) is 12.6. The molecule has 0 spiro atoms. The Kier molecular flexibility index (Phi) is 2.56. The Morgan fingerprint density at radius 1 is 1.06 bits per heavy atom. The molecule has 0 aliphatic carbocycles. The van der Waals surface area contributed by atoms with Crippen molar-refractivity contribution in [1.82, 2.24) is 0 Å². The summed E-state index contributed by atoms with van der Waals surface area (Å²) in [4.78, 5) is 20.0. The second-order valence-electron chi connectivity index (χ2n) is 3.11. The first-order chi connectivity index (χ1) is 8.02. The molecule has 17 heavy (non-hydrogen) atoms. The molecule has 0 atom stereocenters. The summed E-state index contributed by atoms with van der Waals surface area (Å²) in [7, 11) is 0. The van der Waals surface area contributed by atoms with Crippen molar-refractivity contribution < 1.29 is 9.85 Å². The highest BCUT2D eigenvalue weighted by atomic mass is 35.5. The summed E-state index contributed by atoms with van der Waals surface area (Å²) >= 11 is 5.67. The van der Waals surface area contributed by atoms with Gasteiger partial charge in [0.1, 0.15) is 10.7 Å². The minimum atomic E-state index is -0.874. The molecule has 0 radical (unpaired) electrons. The first kappa shape index (κ1) is 11.1. The quantitative estimate of drug-likeness (QED) is 0.621. The van der Waals surface area contributed by atoms with Crippen molar-refractivity contribution in [3.8, 4) is 0 Å². The fourth-order valence-corrected chi connectivity index (χ4v) is 1.76. The van der Waals surface area contributed by atoms with Crippen LogP contribution in [0.15, 0.2) is 18.5 Å². The Morgan fingerprint density at radius 3 is 2.24 bits per heavy atom. The van der Waals surface area contributed by atoms with E-state index >= 15 is 0 Å². The lowest BCUT2D eigenvalue weighted by Crippen LogP contribution is -2.08. The normalized spacial score (nSPS) is 12.3. The van der Waals surface area contributed by atoms with Gasteiger partial charge in [-0.25, -0.2) is 0 Å². The lowest BCUT2D eigenvalue weighted by molar-refractivity contribution is -0.421. The highest BCUT2D eigenvalue weighted by molar-refractivity contribution is 6.34. The van der Waals surface area contributed by atoms with Crippen LogP contribution in [0.1, 0.15) is 0 Å². The third-order valence-corrected chi connectivity index (χ3v) is 2.43. The molecule has 0 aromatic heterocycles. The molecule has 0 fully saturated rings. The second-order valence-corrected chi connectivity index (χ2v) is 3.52. The predicted octanol–water partition coefficient (Wildman–Crippen LogP) is 2.46. The highest BCUT2D eigenvalue weighted by Gasteiger charge is 2.35. The summed E-state index contributed by atoms with van der Waals surface area (Å²) in [6, 6.07) is 1.26. The van der Waals surface area contributed by atoms with Crippen LogP contribution in [-0.4, -0.2) is 9.85 Å². The molecule has 8 nitrogen and oxygen atoms in total. The van der Waals surface area contributed by atoms with Crippen LogP contribution in [0.25, 0.3) is 0 Å². The number of anilines is 2. The van der Waals surface area contributed by atoms with Crippen LogP contribution in [0.4, 0.5) is 22.7 Å². The second kappa shape index (κ2) is 3.91. The van der Waals surface area contributed by atoms with E-state index in [9.17, 15) is 20.2 Å². The van der Waals surface area contributed by atoms with Crippen molar-refractivity contribution in [1.29, 1.82) is 0 Å². The van der Waals surface area contributed by atoms with Gasteiger partial charge in [0.25, 0.3) is 0 Å². The van der Waals surface area contributed by atoms with Crippen LogP contribution in [0.5, 0.6) is 0 Å². The molecule has 0 amide bonds. The molecule has 1 heterocycles. The summed E-state index contributed by atoms with van der Waals surface area (Å²) in [6.45, 7) is 0. The van der Waals surface area contributed by atoms with E-state index in [4.69, 9.17) is 11.6 Å². The maximum Gasteiger partial charge on any atom is 0.372 e. The number of hydrogen-bond acceptors (Lipinski definition) is 6. The molecule has 0 saturated heterocycles. The summed E-state index contributed by atoms with van der Waals surface area (Å²) in [6.07, 6.45) is 2.89. The summed E-state index contributed by atoms with van der Waals surface area (Å²) < 4.78 is 0. The van der Waals surface area contributed by atoms with Gasteiger partial charge in [-0.05, 0) is 6.07 Å². The number of hydrogen-bond donors (Lipinski definition) is 2. The van der Waals surface area contributed by atoms with Crippen molar-refractivity contribution in [2.45, 2.75) is 0 Å². The van der Waals surface area contributed by atoms with E-state index in [1.807, 2.05) is 0 Å². The number of nitro groups is 2. The van der Waals surface area contributed by atoms with Gasteiger partial charge in [0.2, 0.25) is 0 Å². The van der Waals surface area contributed by atoms with Gasteiger partial charge >= 0.3 is 11.4 Å². The van der Waals surface area contributed by atoms with Gasteiger partial charge in [0.15, 0.2) is 0 Å². The maximum atomic E-state index is 10.9.